The zero-order chi connectivity index (χ0) is 15.5. The molecule has 0 bridgehead atoms. The van der Waals surface area contributed by atoms with Gasteiger partial charge in [0.25, 0.3) is 5.91 Å². The van der Waals surface area contributed by atoms with E-state index in [-0.39, 0.29) is 18.5 Å². The van der Waals surface area contributed by atoms with Gasteiger partial charge < -0.3 is 11.1 Å². The maximum atomic E-state index is 13.7. The average Bonchev–Trinajstić information content (AvgIpc) is 2.34. The van der Waals surface area contributed by atoms with Gasteiger partial charge in [-0.2, -0.15) is 13.2 Å². The van der Waals surface area contributed by atoms with Gasteiger partial charge in [-0.15, -0.1) is 0 Å². The van der Waals surface area contributed by atoms with Gasteiger partial charge in [0.05, 0.1) is 11.1 Å². The number of hydrogen-bond acceptors (Lipinski definition) is 2. The van der Waals surface area contributed by atoms with E-state index < -0.39 is 29.0 Å². The van der Waals surface area contributed by atoms with E-state index in [1.165, 1.54) is 0 Å². The number of nitrogens with one attached hydrogen (secondary N) is 1. The predicted molar refractivity (Wildman–Crippen MR) is 66.5 cm³/mol. The van der Waals surface area contributed by atoms with E-state index in [9.17, 15) is 22.4 Å². The van der Waals surface area contributed by atoms with E-state index in [1.807, 2.05) is 13.8 Å². The smallest absolute Gasteiger partial charge is 0.350 e. The molecule has 1 aromatic rings. The SMILES string of the molecule is CC(C)C(N)CNC(=O)c1cccc(C(F)(F)F)c1F. The summed E-state index contributed by atoms with van der Waals surface area (Å²) in [6.45, 7) is 3.73. The zero-order valence-electron chi connectivity index (χ0n) is 11.1. The van der Waals surface area contributed by atoms with Gasteiger partial charge in [0, 0.05) is 12.6 Å². The lowest BCUT2D eigenvalue weighted by molar-refractivity contribution is -0.140. The molecule has 0 aliphatic carbocycles. The van der Waals surface area contributed by atoms with Crippen molar-refractivity contribution >= 4 is 5.91 Å². The van der Waals surface area contributed by atoms with E-state index in [1.54, 1.807) is 0 Å². The van der Waals surface area contributed by atoms with Gasteiger partial charge in [-0.1, -0.05) is 19.9 Å². The fourth-order valence-electron chi connectivity index (χ4n) is 1.47. The van der Waals surface area contributed by atoms with Crippen LogP contribution in [0.4, 0.5) is 17.6 Å². The van der Waals surface area contributed by atoms with Crippen molar-refractivity contribution in [2.24, 2.45) is 11.7 Å². The average molecular weight is 292 g/mol. The molecular formula is C13H16F4N2O. The van der Waals surface area contributed by atoms with E-state index in [0.717, 1.165) is 12.1 Å². The van der Waals surface area contributed by atoms with Crippen LogP contribution in [-0.2, 0) is 6.18 Å². The monoisotopic (exact) mass is 292 g/mol. The number of alkyl halides is 3. The van der Waals surface area contributed by atoms with Crippen molar-refractivity contribution in [1.82, 2.24) is 5.32 Å². The number of carbonyl (C=O) groups is 1. The Balaban J connectivity index is 2.90. The second-order valence-electron chi connectivity index (χ2n) is 4.78. The molecule has 1 atom stereocenters. The number of halogens is 4. The molecule has 0 aliphatic heterocycles. The van der Waals surface area contributed by atoms with Crippen molar-refractivity contribution in [2.45, 2.75) is 26.1 Å². The van der Waals surface area contributed by atoms with Crippen molar-refractivity contribution in [3.8, 4) is 0 Å². The minimum Gasteiger partial charge on any atom is -0.350 e. The molecule has 1 amide bonds. The number of benzene rings is 1. The Labute approximate surface area is 114 Å². The quantitative estimate of drug-likeness (QED) is 0.838. The number of hydrogen-bond donors (Lipinski definition) is 2. The summed E-state index contributed by atoms with van der Waals surface area (Å²) < 4.78 is 51.3. The Morgan fingerprint density at radius 1 is 1.35 bits per heavy atom. The third-order valence-corrected chi connectivity index (χ3v) is 2.90. The molecule has 3 nitrogen and oxygen atoms in total. The van der Waals surface area contributed by atoms with Crippen molar-refractivity contribution in [1.29, 1.82) is 0 Å². The summed E-state index contributed by atoms with van der Waals surface area (Å²) in [7, 11) is 0. The van der Waals surface area contributed by atoms with Crippen LogP contribution in [0.15, 0.2) is 18.2 Å². The fourth-order valence-corrected chi connectivity index (χ4v) is 1.47. The Morgan fingerprint density at radius 2 is 1.95 bits per heavy atom. The van der Waals surface area contributed by atoms with Crippen LogP contribution < -0.4 is 11.1 Å². The third-order valence-electron chi connectivity index (χ3n) is 2.90. The van der Waals surface area contributed by atoms with E-state index in [4.69, 9.17) is 5.73 Å². The zero-order valence-corrected chi connectivity index (χ0v) is 11.1. The first-order chi connectivity index (χ1) is 9.14. The van der Waals surface area contributed by atoms with E-state index in [0.29, 0.717) is 6.07 Å². The highest BCUT2D eigenvalue weighted by Crippen LogP contribution is 2.32. The van der Waals surface area contributed by atoms with Crippen molar-refractivity contribution in [3.05, 3.63) is 35.1 Å². The van der Waals surface area contributed by atoms with E-state index >= 15 is 0 Å². The lowest BCUT2D eigenvalue weighted by Gasteiger charge is -2.17. The molecule has 20 heavy (non-hydrogen) atoms. The molecule has 0 aliphatic rings. The Bertz CT molecular complexity index is 486. The minimum atomic E-state index is -4.84. The first kappa shape index (κ1) is 16.4. The molecule has 0 radical (unpaired) electrons. The molecule has 0 heterocycles. The molecule has 0 spiro atoms. The number of rotatable bonds is 4. The summed E-state index contributed by atoms with van der Waals surface area (Å²) >= 11 is 0. The summed E-state index contributed by atoms with van der Waals surface area (Å²) in [4.78, 5) is 11.7. The number of amides is 1. The molecule has 0 saturated heterocycles. The normalized spacial score (nSPS) is 13.4. The maximum Gasteiger partial charge on any atom is 0.419 e. The molecule has 0 saturated carbocycles. The molecule has 0 aromatic heterocycles. The lowest BCUT2D eigenvalue weighted by atomic mass is 10.1. The van der Waals surface area contributed by atoms with Crippen LogP contribution >= 0.6 is 0 Å². The van der Waals surface area contributed by atoms with Gasteiger partial charge in [-0.25, -0.2) is 4.39 Å². The third kappa shape index (κ3) is 3.93. The molecule has 3 N–H and O–H groups in total. The van der Waals surface area contributed by atoms with Gasteiger partial charge >= 0.3 is 6.18 Å². The van der Waals surface area contributed by atoms with Crippen molar-refractivity contribution < 1.29 is 22.4 Å². The minimum absolute atomic E-state index is 0.0617. The lowest BCUT2D eigenvalue weighted by Crippen LogP contribution is -2.40. The summed E-state index contributed by atoms with van der Waals surface area (Å²) in [5.74, 6) is -2.40. The first-order valence-corrected chi connectivity index (χ1v) is 6.04. The Morgan fingerprint density at radius 3 is 2.45 bits per heavy atom. The van der Waals surface area contributed by atoms with Crippen LogP contribution in [0.2, 0.25) is 0 Å². The fraction of sp³-hybridized carbons (Fsp3) is 0.462. The summed E-state index contributed by atoms with van der Waals surface area (Å²) in [6.07, 6.45) is -4.84. The van der Waals surface area contributed by atoms with Crippen LogP contribution in [0.25, 0.3) is 0 Å². The van der Waals surface area contributed by atoms with Gasteiger partial charge in [0.2, 0.25) is 0 Å². The van der Waals surface area contributed by atoms with Gasteiger partial charge in [-0.05, 0) is 18.1 Å². The number of carbonyl (C=O) groups excluding carboxylic acids is 1. The largest absolute Gasteiger partial charge is 0.419 e. The van der Waals surface area contributed by atoms with Gasteiger partial charge in [0.15, 0.2) is 0 Å². The first-order valence-electron chi connectivity index (χ1n) is 6.04. The van der Waals surface area contributed by atoms with Crippen LogP contribution in [-0.4, -0.2) is 18.5 Å². The highest BCUT2D eigenvalue weighted by atomic mass is 19.4. The van der Waals surface area contributed by atoms with E-state index in [2.05, 4.69) is 5.32 Å². The number of nitrogens with two attached hydrogens (primary N) is 1. The highest BCUT2D eigenvalue weighted by molar-refractivity contribution is 5.94. The Kier molecular flexibility index (Phi) is 5.10. The van der Waals surface area contributed by atoms with Crippen molar-refractivity contribution in [2.75, 3.05) is 6.54 Å². The standard InChI is InChI=1S/C13H16F4N2O/c1-7(2)10(18)6-19-12(20)8-4-3-5-9(11(8)14)13(15,16)17/h3-5,7,10H,6,18H2,1-2H3,(H,19,20). The van der Waals surface area contributed by atoms with Crippen molar-refractivity contribution in [3.63, 3.8) is 0 Å². The summed E-state index contributed by atoms with van der Waals surface area (Å²) in [5.41, 5.74) is 3.59. The molecule has 1 rings (SSSR count). The summed E-state index contributed by atoms with van der Waals surface area (Å²) in [5, 5.41) is 2.33. The highest BCUT2D eigenvalue weighted by Gasteiger charge is 2.35. The molecule has 7 heteroatoms. The second kappa shape index (κ2) is 6.21. The second-order valence-corrected chi connectivity index (χ2v) is 4.78. The molecule has 112 valence electrons. The van der Waals surface area contributed by atoms with Crippen LogP contribution in [0.3, 0.4) is 0 Å². The molecule has 1 unspecified atom stereocenters. The topological polar surface area (TPSA) is 55.1 Å². The molecule has 0 fully saturated rings. The maximum absolute atomic E-state index is 13.7. The van der Waals surface area contributed by atoms with Crippen LogP contribution in [0.5, 0.6) is 0 Å². The van der Waals surface area contributed by atoms with Crippen LogP contribution in [0, 0.1) is 11.7 Å². The molecule has 1 aromatic carbocycles. The Hall–Kier alpha value is -1.63. The summed E-state index contributed by atoms with van der Waals surface area (Å²) in [6, 6.07) is 2.23. The predicted octanol–water partition coefficient (Wildman–Crippen LogP) is 2.56. The van der Waals surface area contributed by atoms with Crippen LogP contribution in [0.1, 0.15) is 29.8 Å². The van der Waals surface area contributed by atoms with Gasteiger partial charge in [-0.3, -0.25) is 4.79 Å². The molecular weight excluding hydrogens is 276 g/mol. The van der Waals surface area contributed by atoms with Gasteiger partial charge in [0.1, 0.15) is 5.82 Å².